The van der Waals surface area contributed by atoms with Gasteiger partial charge in [0.15, 0.2) is 11.6 Å². The number of benzene rings is 6. The summed E-state index contributed by atoms with van der Waals surface area (Å²) in [4.78, 5) is 34.0. The first-order valence-electron chi connectivity index (χ1n) is 27.6. The predicted molar refractivity (Wildman–Crippen MR) is 360 cm³/mol. The van der Waals surface area contributed by atoms with Gasteiger partial charge < -0.3 is 20.2 Å². The number of aliphatic hydroxyl groups is 2. The van der Waals surface area contributed by atoms with Crippen LogP contribution in [0.15, 0.2) is 241 Å². The molecule has 0 saturated carbocycles. The van der Waals surface area contributed by atoms with Crippen molar-refractivity contribution in [1.29, 1.82) is 0 Å². The standard InChI is InChI=1S/C49H44O4.2C13H8NS.2Ir.8H2/c1-5-7-9-11-13-15-29-49(30-16-14-12-10-8-6-2)45-33-41(37-17-21-39(22-18-37)47(52)31-35(3)50)25-27-43(45)44-28-26-42(34-46(44)49)38-19-23-40(24-20-38)48(53)32-36(4)51;2*1-2-7-12-10(5-1)9-13(15-12)11-6-3-4-8-14-11;;;;;;;;;;/h17-29,31-34,52-53H,1,6,8,10,12,14,16,30H2,2-4H3;2*1-8H;;;8*1H/q;2*-1;;;;;;;;;;. The van der Waals surface area contributed by atoms with Gasteiger partial charge in [0.25, 0.3) is 0 Å². The summed E-state index contributed by atoms with van der Waals surface area (Å²) in [6, 6.07) is 63.5. The van der Waals surface area contributed by atoms with E-state index in [2.05, 4.69) is 149 Å². The van der Waals surface area contributed by atoms with Crippen LogP contribution in [0.2, 0.25) is 0 Å². The minimum absolute atomic E-state index is 0. The molecule has 0 amide bonds. The Labute approximate surface area is 545 Å². The van der Waals surface area contributed by atoms with Gasteiger partial charge in [-0.05, 0) is 144 Å². The number of aromatic nitrogens is 2. The number of unbranched alkanes of at least 4 members (excludes halogenated alkanes) is 5. The molecule has 1 aliphatic carbocycles. The molecule has 2 N–H and O–H groups in total. The number of pyridine rings is 2. The van der Waals surface area contributed by atoms with Gasteiger partial charge in [-0.2, -0.15) is 0 Å². The molecule has 0 bridgehead atoms. The summed E-state index contributed by atoms with van der Waals surface area (Å²) in [7, 11) is 0. The molecule has 85 heavy (non-hydrogen) atoms. The van der Waals surface area contributed by atoms with Gasteiger partial charge in [-0.15, -0.1) is 47.2 Å². The molecule has 4 heterocycles. The quantitative estimate of drug-likeness (QED) is 0.0329. The van der Waals surface area contributed by atoms with Gasteiger partial charge in [-0.3, -0.25) is 9.59 Å². The Bertz CT molecular complexity index is 4000. The second-order valence-corrected chi connectivity index (χ2v) is 22.0. The van der Waals surface area contributed by atoms with E-state index in [-0.39, 0.29) is 74.7 Å². The zero-order chi connectivity index (χ0) is 58.0. The normalized spacial score (nSPS) is 12.7. The fourth-order valence-electron chi connectivity index (χ4n) is 10.1. The molecule has 0 unspecified atom stereocenters. The minimum atomic E-state index is -0.529. The van der Waals surface area contributed by atoms with Crippen LogP contribution in [0.4, 0.5) is 0 Å². The SMILES string of the molecule is C=C=C=C=C=C=C=CC1(CCCCCCCC)c2cc(-c3ccc(C(O)=CC(C)=O)cc3)ccc2-c2ccc(-c3ccc(C(O)=CC(C)=O)cc3)cc21.[HH].[HH].[HH].[HH].[HH].[HH].[HH].[HH].[Ir].[Ir].[c-]1c(-c2ccccn2)sc2ccccc12.[c-]1c(-c2ccccn2)sc2ccccc12. The van der Waals surface area contributed by atoms with Crippen LogP contribution in [0.1, 0.15) is 99.4 Å². The molecule has 0 fully saturated rings. The number of fused-ring (bicyclic) bond motifs is 5. The molecule has 0 atom stereocenters. The van der Waals surface area contributed by atoms with Crippen LogP contribution in [-0.4, -0.2) is 31.7 Å². The van der Waals surface area contributed by atoms with Gasteiger partial charge in [-0.1, -0.05) is 178 Å². The first-order chi connectivity index (χ1) is 40.5. The minimum Gasteiger partial charge on any atom is -0.507 e. The third-order valence-corrected chi connectivity index (χ3v) is 16.3. The third kappa shape index (κ3) is 16.5. The summed E-state index contributed by atoms with van der Waals surface area (Å²) in [6.07, 6.45) is 16.0. The van der Waals surface area contributed by atoms with Crippen LogP contribution in [0.3, 0.4) is 0 Å². The van der Waals surface area contributed by atoms with Crippen molar-refractivity contribution in [2.75, 3.05) is 0 Å². The van der Waals surface area contributed by atoms with Gasteiger partial charge in [0.05, 0.1) is 0 Å². The Morgan fingerprint density at radius 3 is 1.42 bits per heavy atom. The smallest absolute Gasteiger partial charge is 0.156 e. The first kappa shape index (κ1) is 64.2. The predicted octanol–water partition coefficient (Wildman–Crippen LogP) is 21.6. The van der Waals surface area contributed by atoms with E-state index in [1.165, 1.54) is 83.0 Å². The number of ketones is 2. The summed E-state index contributed by atoms with van der Waals surface area (Å²) in [5, 5.41) is 23.1. The van der Waals surface area contributed by atoms with E-state index < -0.39 is 5.41 Å². The summed E-state index contributed by atoms with van der Waals surface area (Å²) in [5.74, 6) is -0.543. The van der Waals surface area contributed by atoms with E-state index in [0.717, 1.165) is 73.8 Å². The maximum atomic E-state index is 11.5. The van der Waals surface area contributed by atoms with Crippen LogP contribution in [0, 0.1) is 12.1 Å². The molecule has 1 aliphatic rings. The Morgan fingerprint density at radius 1 is 0.553 bits per heavy atom. The van der Waals surface area contributed by atoms with Gasteiger partial charge in [0.1, 0.15) is 11.5 Å². The fourth-order valence-corrected chi connectivity index (χ4v) is 12.0. The molecule has 4 aromatic heterocycles. The van der Waals surface area contributed by atoms with E-state index in [0.29, 0.717) is 11.1 Å². The number of hydrogen-bond acceptors (Lipinski definition) is 8. The van der Waals surface area contributed by atoms with E-state index in [1.54, 1.807) is 22.7 Å². The first-order valence-corrected chi connectivity index (χ1v) is 29.3. The molecule has 2 radical (unpaired) electrons. The zero-order valence-corrected chi connectivity index (χ0v) is 53.7. The van der Waals surface area contributed by atoms with Crippen molar-refractivity contribution in [3.8, 4) is 54.5 Å². The molecular weight excluding hydrogens is 1440 g/mol. The third-order valence-electron chi connectivity index (χ3n) is 14.1. The number of aliphatic hydroxyl groups excluding tert-OH is 2. The number of hydrogen-bond donors (Lipinski definition) is 2. The van der Waals surface area contributed by atoms with Crippen LogP contribution in [0.5, 0.6) is 0 Å². The summed E-state index contributed by atoms with van der Waals surface area (Å²) in [6.45, 7) is 8.58. The molecule has 0 saturated heterocycles. The monoisotopic (exact) mass is 1520 g/mol. The maximum absolute atomic E-state index is 11.5. The number of carbonyl (C=O) groups excluding carboxylic acids is 2. The van der Waals surface area contributed by atoms with Crippen molar-refractivity contribution < 1.29 is 71.4 Å². The van der Waals surface area contributed by atoms with Gasteiger partial charge in [0.2, 0.25) is 0 Å². The van der Waals surface area contributed by atoms with Gasteiger partial charge in [0, 0.05) is 104 Å². The number of nitrogens with zero attached hydrogens (tertiary/aromatic N) is 2. The number of carbonyl (C=O) groups is 2. The Hall–Kier alpha value is -8.32. The van der Waals surface area contributed by atoms with Crippen molar-refractivity contribution >= 4 is 65.9 Å². The van der Waals surface area contributed by atoms with Gasteiger partial charge in [-0.25, -0.2) is 22.7 Å². The number of thiophene rings is 2. The number of allylic oxidation sites excluding steroid dienone is 3. The fraction of sp³-hybridized carbons (Fsp3) is 0.147. The zero-order valence-electron chi connectivity index (χ0n) is 47.3. The topological polar surface area (TPSA) is 100 Å². The average molecular weight is 1520 g/mol. The van der Waals surface area contributed by atoms with Crippen LogP contribution in [0.25, 0.3) is 86.2 Å². The molecule has 0 spiro atoms. The second kappa shape index (κ2) is 31.5. The molecule has 10 heteroatoms. The van der Waals surface area contributed by atoms with E-state index in [1.807, 2.05) is 109 Å². The second-order valence-electron chi connectivity index (χ2n) is 19.9. The van der Waals surface area contributed by atoms with Crippen molar-refractivity contribution in [3.05, 3.63) is 276 Å². The molecule has 442 valence electrons. The Kier molecular flexibility index (Phi) is 23.8. The molecule has 10 aromatic rings. The summed E-state index contributed by atoms with van der Waals surface area (Å²) < 4.78 is 2.52. The van der Waals surface area contributed by atoms with E-state index >= 15 is 0 Å². The van der Waals surface area contributed by atoms with Crippen molar-refractivity contribution in [1.82, 2.24) is 9.97 Å². The van der Waals surface area contributed by atoms with Crippen LogP contribution in [-0.2, 0) is 55.2 Å². The van der Waals surface area contributed by atoms with Crippen molar-refractivity contribution in [2.24, 2.45) is 0 Å². The van der Waals surface area contributed by atoms with Crippen LogP contribution >= 0.6 is 22.7 Å². The number of rotatable bonds is 16. The largest absolute Gasteiger partial charge is 0.507 e. The molecular formula is C75H76Ir2N2O4S2-2. The molecule has 0 aliphatic heterocycles. The van der Waals surface area contributed by atoms with Gasteiger partial charge >= 0.3 is 0 Å². The molecule has 6 aromatic carbocycles. The van der Waals surface area contributed by atoms with Crippen molar-refractivity contribution in [3.63, 3.8) is 0 Å². The Morgan fingerprint density at radius 2 is 0.988 bits per heavy atom. The van der Waals surface area contributed by atoms with E-state index in [4.69, 9.17) is 0 Å². The van der Waals surface area contributed by atoms with Crippen molar-refractivity contribution in [2.45, 2.75) is 71.1 Å². The summed E-state index contributed by atoms with van der Waals surface area (Å²) >= 11 is 3.46. The van der Waals surface area contributed by atoms with Crippen LogP contribution < -0.4 is 0 Å². The average Bonchev–Trinajstić information content (AvgIpc) is 1.57. The van der Waals surface area contributed by atoms with E-state index in [9.17, 15) is 19.8 Å². The molecule has 6 nitrogen and oxygen atoms in total. The molecule has 11 rings (SSSR count). The summed E-state index contributed by atoms with van der Waals surface area (Å²) in [5.41, 5.74) is 28.4. The Balaban J connectivity index is 0. The maximum Gasteiger partial charge on any atom is 0.156 e.